The van der Waals surface area contributed by atoms with Crippen molar-refractivity contribution in [1.82, 2.24) is 0 Å². The van der Waals surface area contributed by atoms with Crippen molar-refractivity contribution in [3.63, 3.8) is 0 Å². The van der Waals surface area contributed by atoms with Crippen LogP contribution in [-0.4, -0.2) is 12.6 Å². The molecule has 3 nitrogen and oxygen atoms in total. The Morgan fingerprint density at radius 3 is 2.71 bits per heavy atom. The molecule has 0 radical (unpaired) electrons. The summed E-state index contributed by atoms with van der Waals surface area (Å²) in [5, 5.41) is 10.2. The summed E-state index contributed by atoms with van der Waals surface area (Å²) >= 11 is 3.44. The van der Waals surface area contributed by atoms with Crippen LogP contribution in [0.2, 0.25) is 0 Å². The molecule has 0 saturated heterocycles. The van der Waals surface area contributed by atoms with Gasteiger partial charge in [-0.2, -0.15) is 0 Å². The maximum Gasteiger partial charge on any atom is 0.133 e. The molecule has 0 aliphatic carbocycles. The summed E-state index contributed by atoms with van der Waals surface area (Å²) in [5.41, 5.74) is 1.24. The summed E-state index contributed by atoms with van der Waals surface area (Å²) in [4.78, 5) is 10.2. The molecule has 0 unspecified atom stereocenters. The van der Waals surface area contributed by atoms with Crippen LogP contribution in [0, 0.1) is 0 Å². The Balaban J connectivity index is 2.52. The average molecular weight is 300 g/mol. The minimum absolute atomic E-state index is 0.0295. The van der Waals surface area contributed by atoms with Crippen LogP contribution < -0.4 is 9.84 Å². The van der Waals surface area contributed by atoms with Gasteiger partial charge in [-0.05, 0) is 52.4 Å². The molecule has 4 heteroatoms. The Morgan fingerprint density at radius 1 is 1.47 bits per heavy atom. The lowest BCUT2D eigenvalue weighted by atomic mass is 10.0. The van der Waals surface area contributed by atoms with E-state index in [4.69, 9.17) is 4.74 Å². The highest BCUT2D eigenvalue weighted by molar-refractivity contribution is 9.10. The molecule has 0 spiro atoms. The number of carboxylic acid groups (broad SMARTS) is 1. The molecule has 1 rings (SSSR count). The first-order valence-corrected chi connectivity index (χ1v) is 6.42. The molecule has 0 aliphatic heterocycles. The van der Waals surface area contributed by atoms with Crippen LogP contribution in [0.25, 0.3) is 0 Å². The highest BCUT2D eigenvalue weighted by atomic mass is 79.9. The fourth-order valence-corrected chi connectivity index (χ4v) is 1.90. The van der Waals surface area contributed by atoms with Crippen LogP contribution in [0.3, 0.4) is 0 Å². The van der Waals surface area contributed by atoms with E-state index < -0.39 is 5.97 Å². The number of benzene rings is 1. The van der Waals surface area contributed by atoms with Crippen molar-refractivity contribution in [2.75, 3.05) is 6.61 Å². The fourth-order valence-electron chi connectivity index (χ4n) is 1.39. The van der Waals surface area contributed by atoms with Gasteiger partial charge in [-0.1, -0.05) is 19.9 Å². The van der Waals surface area contributed by atoms with Gasteiger partial charge in [0.1, 0.15) is 5.75 Å². The smallest absolute Gasteiger partial charge is 0.133 e. The van der Waals surface area contributed by atoms with Crippen molar-refractivity contribution >= 4 is 21.9 Å². The lowest BCUT2D eigenvalue weighted by molar-refractivity contribution is -0.305. The third-order valence-corrected chi connectivity index (χ3v) is 3.03. The van der Waals surface area contributed by atoms with Crippen molar-refractivity contribution in [1.29, 1.82) is 0 Å². The van der Waals surface area contributed by atoms with E-state index in [-0.39, 0.29) is 6.42 Å². The largest absolute Gasteiger partial charge is 0.550 e. The van der Waals surface area contributed by atoms with Gasteiger partial charge in [0.2, 0.25) is 0 Å². The van der Waals surface area contributed by atoms with E-state index in [0.717, 1.165) is 10.2 Å². The Labute approximate surface area is 110 Å². The van der Waals surface area contributed by atoms with E-state index in [1.165, 1.54) is 5.56 Å². The number of carboxylic acids is 1. The van der Waals surface area contributed by atoms with E-state index >= 15 is 0 Å². The summed E-state index contributed by atoms with van der Waals surface area (Å²) in [6.07, 6.45) is 0.488. The quantitative estimate of drug-likeness (QED) is 0.758. The van der Waals surface area contributed by atoms with Gasteiger partial charge in [0.15, 0.2) is 0 Å². The van der Waals surface area contributed by atoms with Gasteiger partial charge in [-0.3, -0.25) is 0 Å². The number of ether oxygens (including phenoxy) is 1. The number of carbonyl (C=O) groups excluding carboxylic acids is 1. The molecule has 94 valence electrons. The molecule has 0 aliphatic rings. The van der Waals surface area contributed by atoms with E-state index in [1.54, 1.807) is 0 Å². The number of carbonyl (C=O) groups is 1. The highest BCUT2D eigenvalue weighted by Crippen LogP contribution is 2.28. The third-order valence-electron chi connectivity index (χ3n) is 2.41. The van der Waals surface area contributed by atoms with Crippen LogP contribution in [0.1, 0.15) is 38.2 Å². The van der Waals surface area contributed by atoms with Gasteiger partial charge in [0, 0.05) is 5.97 Å². The summed E-state index contributed by atoms with van der Waals surface area (Å²) in [5.74, 6) is 0.175. The minimum atomic E-state index is -1.04. The Bertz CT molecular complexity index is 388. The molecule has 1 aromatic rings. The Kier molecular flexibility index (Phi) is 5.48. The van der Waals surface area contributed by atoms with Crippen LogP contribution in [0.15, 0.2) is 22.7 Å². The van der Waals surface area contributed by atoms with Gasteiger partial charge in [0.25, 0.3) is 0 Å². The van der Waals surface area contributed by atoms with Gasteiger partial charge < -0.3 is 14.6 Å². The predicted octanol–water partition coefficient (Wildman–Crippen LogP) is 2.48. The number of halogens is 1. The Hall–Kier alpha value is -1.03. The molecule has 1 aromatic carbocycles. The van der Waals surface area contributed by atoms with Crippen LogP contribution in [0.4, 0.5) is 0 Å². The monoisotopic (exact) mass is 299 g/mol. The second-order valence-electron chi connectivity index (χ2n) is 4.17. The average Bonchev–Trinajstić information content (AvgIpc) is 2.25. The van der Waals surface area contributed by atoms with Crippen molar-refractivity contribution in [2.24, 2.45) is 0 Å². The van der Waals surface area contributed by atoms with Crippen LogP contribution in [0.5, 0.6) is 5.75 Å². The van der Waals surface area contributed by atoms with E-state index in [9.17, 15) is 9.90 Å². The molecule has 0 saturated carbocycles. The minimum Gasteiger partial charge on any atom is -0.550 e. The molecule has 17 heavy (non-hydrogen) atoms. The van der Waals surface area contributed by atoms with Gasteiger partial charge in [0.05, 0.1) is 11.1 Å². The molecule has 0 fully saturated rings. The molecule has 0 amide bonds. The molecular weight excluding hydrogens is 284 g/mol. The number of hydrogen-bond donors (Lipinski definition) is 0. The first-order valence-electron chi connectivity index (χ1n) is 5.62. The molecule has 0 N–H and O–H groups in total. The van der Waals surface area contributed by atoms with Crippen LogP contribution in [-0.2, 0) is 4.79 Å². The zero-order valence-electron chi connectivity index (χ0n) is 10.0. The number of rotatable bonds is 6. The maximum absolute atomic E-state index is 10.2. The second-order valence-corrected chi connectivity index (χ2v) is 5.02. The Morgan fingerprint density at radius 2 is 2.18 bits per heavy atom. The fraction of sp³-hybridized carbons (Fsp3) is 0.462. The zero-order chi connectivity index (χ0) is 12.8. The first-order chi connectivity index (χ1) is 8.00. The molecule has 0 heterocycles. The van der Waals surface area contributed by atoms with Gasteiger partial charge in [-0.25, -0.2) is 0 Å². The second kappa shape index (κ2) is 6.64. The van der Waals surface area contributed by atoms with Crippen molar-refractivity contribution in [2.45, 2.75) is 32.6 Å². The number of aliphatic carboxylic acids is 1. The van der Waals surface area contributed by atoms with Gasteiger partial charge in [-0.15, -0.1) is 0 Å². The van der Waals surface area contributed by atoms with Crippen molar-refractivity contribution in [3.8, 4) is 5.75 Å². The molecule has 0 bridgehead atoms. The summed E-state index contributed by atoms with van der Waals surface area (Å²) in [6, 6.07) is 5.95. The first kappa shape index (κ1) is 14.0. The van der Waals surface area contributed by atoms with E-state index in [2.05, 4.69) is 29.8 Å². The van der Waals surface area contributed by atoms with Gasteiger partial charge >= 0.3 is 0 Å². The summed E-state index contributed by atoms with van der Waals surface area (Å²) < 4.78 is 6.38. The van der Waals surface area contributed by atoms with Crippen molar-refractivity contribution < 1.29 is 14.6 Å². The topological polar surface area (TPSA) is 49.4 Å². The standard InChI is InChI=1S/C13H17BrO3/c1-9(2)10-5-6-12(11(14)8-10)17-7-3-4-13(15)16/h5-6,8-9H,3-4,7H2,1-2H3,(H,15,16)/p-1. The third kappa shape index (κ3) is 4.77. The summed E-state index contributed by atoms with van der Waals surface area (Å²) in [6.45, 7) is 4.64. The zero-order valence-corrected chi connectivity index (χ0v) is 11.6. The SMILES string of the molecule is CC(C)c1ccc(OCCCC(=O)[O-])c(Br)c1. The normalized spacial score (nSPS) is 10.6. The maximum atomic E-state index is 10.2. The van der Waals surface area contributed by atoms with Crippen LogP contribution >= 0.6 is 15.9 Å². The van der Waals surface area contributed by atoms with E-state index in [1.807, 2.05) is 18.2 Å². The van der Waals surface area contributed by atoms with Crippen molar-refractivity contribution in [3.05, 3.63) is 28.2 Å². The van der Waals surface area contributed by atoms with E-state index in [0.29, 0.717) is 18.9 Å². The molecule has 0 aromatic heterocycles. The summed E-state index contributed by atoms with van der Waals surface area (Å²) in [7, 11) is 0. The predicted molar refractivity (Wildman–Crippen MR) is 68.0 cm³/mol. The molecular formula is C13H16BrO3-. The molecule has 0 atom stereocenters. The lowest BCUT2D eigenvalue weighted by Crippen LogP contribution is -2.22. The lowest BCUT2D eigenvalue weighted by Gasteiger charge is -2.11. The number of hydrogen-bond acceptors (Lipinski definition) is 3. The highest BCUT2D eigenvalue weighted by Gasteiger charge is 2.05.